The first-order valence-electron chi connectivity index (χ1n) is 12.1. The van der Waals surface area contributed by atoms with Gasteiger partial charge in [-0.15, -0.1) is 11.8 Å². The van der Waals surface area contributed by atoms with Crippen LogP contribution in [0.15, 0.2) is 58.5 Å². The number of fused-ring (bicyclic) bond motifs is 1. The number of halogens is 2. The number of thioether (sulfide) groups is 1. The molecule has 1 aliphatic rings. The van der Waals surface area contributed by atoms with Gasteiger partial charge in [-0.2, -0.15) is 9.40 Å². The van der Waals surface area contributed by atoms with E-state index in [1.165, 1.54) is 35.8 Å². The first-order valence-corrected chi connectivity index (χ1v) is 14.8. The Labute approximate surface area is 230 Å². The third-order valence-electron chi connectivity index (χ3n) is 6.58. The standard InChI is InChI=1S/C26H30F2N4O5S2/c1-26(27,28)11-10-19-15-32(18-8-6-5-7-9-18)20-12-22(38-4)21(13-23(20)39(35,36)31(19)3)37-16-17-14-30(2)29-24(17)25(33)34/h5-9,12-14,19H,10-11,15-16H2,1-4H3,(H,33,34)/t19-/m1/s1. The Morgan fingerprint density at radius 1 is 1.23 bits per heavy atom. The second-order valence-corrected chi connectivity index (χ2v) is 12.3. The van der Waals surface area contributed by atoms with E-state index in [-0.39, 0.29) is 35.9 Å². The lowest BCUT2D eigenvalue weighted by molar-refractivity contribution is 0.00679. The summed E-state index contributed by atoms with van der Waals surface area (Å²) < 4.78 is 63.8. The van der Waals surface area contributed by atoms with Gasteiger partial charge in [-0.25, -0.2) is 22.0 Å². The first kappa shape index (κ1) is 28.8. The molecular weight excluding hydrogens is 550 g/mol. The summed E-state index contributed by atoms with van der Waals surface area (Å²) >= 11 is 1.34. The van der Waals surface area contributed by atoms with Crippen LogP contribution < -0.4 is 9.64 Å². The van der Waals surface area contributed by atoms with E-state index in [0.29, 0.717) is 16.1 Å². The second kappa shape index (κ2) is 11.1. The number of ether oxygens (including phenoxy) is 1. The molecule has 0 aliphatic carbocycles. The number of aromatic carboxylic acids is 1. The number of carboxylic acid groups (broad SMARTS) is 1. The topological polar surface area (TPSA) is 105 Å². The molecule has 4 rings (SSSR count). The summed E-state index contributed by atoms with van der Waals surface area (Å²) in [5, 5.41) is 13.4. The molecule has 1 aromatic heterocycles. The zero-order valence-electron chi connectivity index (χ0n) is 22.0. The van der Waals surface area contributed by atoms with Crippen molar-refractivity contribution >= 4 is 39.1 Å². The molecule has 39 heavy (non-hydrogen) atoms. The van der Waals surface area contributed by atoms with Crippen molar-refractivity contribution in [1.29, 1.82) is 0 Å². The van der Waals surface area contributed by atoms with Gasteiger partial charge in [0.05, 0.1) is 10.6 Å². The van der Waals surface area contributed by atoms with Gasteiger partial charge >= 0.3 is 5.97 Å². The predicted molar refractivity (Wildman–Crippen MR) is 145 cm³/mol. The van der Waals surface area contributed by atoms with Crippen molar-refractivity contribution in [2.24, 2.45) is 7.05 Å². The van der Waals surface area contributed by atoms with E-state index in [1.807, 2.05) is 41.5 Å². The SMILES string of the molecule is CSc1cc2c(cc1OCc1cn(C)nc1C(=O)O)S(=O)(=O)N(C)[C@H](CCC(C)(F)F)CN2c1ccccc1. The Hall–Kier alpha value is -3.16. The molecular formula is C26H30F2N4O5S2. The highest BCUT2D eigenvalue weighted by molar-refractivity contribution is 7.98. The number of carboxylic acids is 1. The van der Waals surface area contributed by atoms with Crippen LogP contribution in [0.25, 0.3) is 0 Å². The smallest absolute Gasteiger partial charge is 0.356 e. The quantitative estimate of drug-likeness (QED) is 0.353. The van der Waals surface area contributed by atoms with Crippen LogP contribution in [0.4, 0.5) is 20.2 Å². The maximum Gasteiger partial charge on any atom is 0.356 e. The van der Waals surface area contributed by atoms with E-state index in [0.717, 1.165) is 16.9 Å². The molecule has 3 aromatic rings. The summed E-state index contributed by atoms with van der Waals surface area (Å²) in [6.07, 6.45) is 2.85. The number of alkyl halides is 2. The molecule has 2 aromatic carbocycles. The van der Waals surface area contributed by atoms with Crippen molar-refractivity contribution in [3.05, 3.63) is 59.9 Å². The number of carbonyl (C=O) groups is 1. The number of para-hydroxylation sites is 1. The molecule has 0 spiro atoms. The highest BCUT2D eigenvalue weighted by atomic mass is 32.2. The van der Waals surface area contributed by atoms with Crippen molar-refractivity contribution in [1.82, 2.24) is 14.1 Å². The van der Waals surface area contributed by atoms with Gasteiger partial charge in [0.25, 0.3) is 0 Å². The van der Waals surface area contributed by atoms with Gasteiger partial charge in [0, 0.05) is 56.6 Å². The van der Waals surface area contributed by atoms with Gasteiger partial charge in [0.15, 0.2) is 5.69 Å². The minimum atomic E-state index is -4.12. The van der Waals surface area contributed by atoms with Crippen LogP contribution in [0.1, 0.15) is 35.8 Å². The highest BCUT2D eigenvalue weighted by Crippen LogP contribution is 2.44. The number of sulfonamides is 1. The lowest BCUT2D eigenvalue weighted by Crippen LogP contribution is -2.41. The normalized spacial score (nSPS) is 17.5. The lowest BCUT2D eigenvalue weighted by atomic mass is 10.1. The largest absolute Gasteiger partial charge is 0.488 e. The molecule has 9 nitrogen and oxygen atoms in total. The Morgan fingerprint density at radius 2 is 1.92 bits per heavy atom. The van der Waals surface area contributed by atoms with Gasteiger partial charge in [0.2, 0.25) is 15.9 Å². The zero-order valence-corrected chi connectivity index (χ0v) is 23.6. The van der Waals surface area contributed by atoms with Crippen LogP contribution >= 0.6 is 11.8 Å². The average molecular weight is 581 g/mol. The zero-order chi connectivity index (χ0) is 28.5. The lowest BCUT2D eigenvalue weighted by Gasteiger charge is -2.30. The van der Waals surface area contributed by atoms with E-state index in [1.54, 1.807) is 13.1 Å². The molecule has 0 bridgehead atoms. The minimum absolute atomic E-state index is 0.0305. The molecule has 0 unspecified atom stereocenters. The number of hydrogen-bond donors (Lipinski definition) is 1. The molecule has 0 radical (unpaired) electrons. The minimum Gasteiger partial charge on any atom is -0.488 e. The summed E-state index contributed by atoms with van der Waals surface area (Å²) in [7, 11) is -1.12. The van der Waals surface area contributed by atoms with E-state index < -0.39 is 34.4 Å². The monoisotopic (exact) mass is 580 g/mol. The predicted octanol–water partition coefficient (Wildman–Crippen LogP) is 5.00. The number of likely N-dealkylation sites (N-methyl/N-ethyl adjacent to an activating group) is 1. The van der Waals surface area contributed by atoms with Gasteiger partial charge in [0.1, 0.15) is 17.3 Å². The fraction of sp³-hybridized carbons (Fsp3) is 0.385. The molecule has 0 fully saturated rings. The Morgan fingerprint density at radius 3 is 2.54 bits per heavy atom. The number of nitrogens with zero attached hydrogens (tertiary/aromatic N) is 4. The third kappa shape index (κ3) is 6.20. The number of hydrogen-bond acceptors (Lipinski definition) is 7. The van der Waals surface area contributed by atoms with Crippen molar-refractivity contribution in [2.75, 3.05) is 24.7 Å². The van der Waals surface area contributed by atoms with Crippen LogP contribution in [0.2, 0.25) is 0 Å². The molecule has 0 saturated carbocycles. The van der Waals surface area contributed by atoms with E-state index >= 15 is 0 Å². The average Bonchev–Trinajstić information content (AvgIpc) is 3.24. The van der Waals surface area contributed by atoms with E-state index in [9.17, 15) is 27.1 Å². The summed E-state index contributed by atoms with van der Waals surface area (Å²) in [5.74, 6) is -3.88. The highest BCUT2D eigenvalue weighted by Gasteiger charge is 2.39. The first-order chi connectivity index (χ1) is 18.3. The Balaban J connectivity index is 1.81. The summed E-state index contributed by atoms with van der Waals surface area (Å²) in [5.41, 5.74) is 1.30. The fourth-order valence-electron chi connectivity index (χ4n) is 4.52. The van der Waals surface area contributed by atoms with Crippen LogP contribution in [-0.4, -0.2) is 65.4 Å². The number of anilines is 2. The molecule has 0 saturated heterocycles. The molecule has 210 valence electrons. The van der Waals surface area contributed by atoms with Crippen LogP contribution in [0, 0.1) is 0 Å². The maximum atomic E-state index is 13.9. The van der Waals surface area contributed by atoms with Crippen LogP contribution in [0.5, 0.6) is 5.75 Å². The second-order valence-electron chi connectivity index (χ2n) is 9.47. The summed E-state index contributed by atoms with van der Waals surface area (Å²) in [6.45, 7) is 0.858. The molecule has 13 heteroatoms. The number of rotatable bonds is 9. The van der Waals surface area contributed by atoms with Crippen LogP contribution in [0.3, 0.4) is 0 Å². The van der Waals surface area contributed by atoms with Crippen LogP contribution in [-0.2, 0) is 23.7 Å². The Bertz CT molecular complexity index is 1460. The fourth-order valence-corrected chi connectivity index (χ4v) is 6.63. The molecule has 1 aliphatic heterocycles. The van der Waals surface area contributed by atoms with Crippen molar-refractivity contribution in [2.45, 2.75) is 48.1 Å². The molecule has 0 amide bonds. The number of benzene rings is 2. The van der Waals surface area contributed by atoms with Gasteiger partial charge in [-0.05, 0) is 37.8 Å². The number of aromatic nitrogens is 2. The van der Waals surface area contributed by atoms with Gasteiger partial charge in [-0.3, -0.25) is 4.68 Å². The maximum absolute atomic E-state index is 13.9. The molecule has 1 atom stereocenters. The van der Waals surface area contributed by atoms with E-state index in [4.69, 9.17) is 4.74 Å². The van der Waals surface area contributed by atoms with Gasteiger partial charge in [-0.1, -0.05) is 18.2 Å². The third-order valence-corrected chi connectivity index (χ3v) is 9.27. The Kier molecular flexibility index (Phi) is 8.24. The van der Waals surface area contributed by atoms with Crippen molar-refractivity contribution in [3.8, 4) is 5.75 Å². The summed E-state index contributed by atoms with van der Waals surface area (Å²) in [6, 6.07) is 11.6. The van der Waals surface area contributed by atoms with Gasteiger partial charge < -0.3 is 14.7 Å². The summed E-state index contributed by atoms with van der Waals surface area (Å²) in [4.78, 5) is 14.0. The van der Waals surface area contributed by atoms with Crippen molar-refractivity contribution in [3.63, 3.8) is 0 Å². The molecule has 2 heterocycles. The number of aryl methyl sites for hydroxylation is 1. The molecule has 1 N–H and O–H groups in total. The van der Waals surface area contributed by atoms with Crippen molar-refractivity contribution < 1.29 is 31.8 Å². The van der Waals surface area contributed by atoms with E-state index in [2.05, 4.69) is 5.10 Å².